The molecule has 2 N–H and O–H groups in total. The van der Waals surface area contributed by atoms with Crippen LogP contribution < -0.4 is 5.73 Å². The Morgan fingerprint density at radius 2 is 2.38 bits per heavy atom. The maximum absolute atomic E-state index is 6.25. The van der Waals surface area contributed by atoms with E-state index in [0.717, 1.165) is 16.0 Å². The van der Waals surface area contributed by atoms with Gasteiger partial charge in [0.2, 0.25) is 0 Å². The number of halogens is 1. The van der Waals surface area contributed by atoms with Gasteiger partial charge in [-0.05, 0) is 47.5 Å². The molecule has 2 rings (SSSR count). The Kier molecular flexibility index (Phi) is 3.47. The Labute approximate surface area is 107 Å². The van der Waals surface area contributed by atoms with Gasteiger partial charge in [0.15, 0.2) is 0 Å². The highest BCUT2D eigenvalue weighted by molar-refractivity contribution is 9.11. The third-order valence-corrected chi connectivity index (χ3v) is 4.77. The first kappa shape index (κ1) is 11.8. The molecule has 0 aromatic carbocycles. The fourth-order valence-corrected chi connectivity index (χ4v) is 3.24. The van der Waals surface area contributed by atoms with E-state index in [9.17, 15) is 0 Å². The Morgan fingerprint density at radius 1 is 1.62 bits per heavy atom. The van der Waals surface area contributed by atoms with E-state index in [1.807, 2.05) is 10.7 Å². The molecule has 2 aromatic rings. The molecule has 0 aliphatic carbocycles. The van der Waals surface area contributed by atoms with Gasteiger partial charge >= 0.3 is 0 Å². The fourth-order valence-electron chi connectivity index (χ4n) is 1.65. The average Bonchev–Trinajstić information content (AvgIpc) is 2.85. The molecule has 0 saturated heterocycles. The summed E-state index contributed by atoms with van der Waals surface area (Å²) in [6, 6.07) is 4.03. The van der Waals surface area contributed by atoms with Gasteiger partial charge in [-0.1, -0.05) is 0 Å². The molecule has 2 heterocycles. The van der Waals surface area contributed by atoms with Crippen molar-refractivity contribution in [2.24, 2.45) is 5.73 Å². The Bertz CT molecular complexity index is 470. The molecule has 0 aliphatic heterocycles. The maximum atomic E-state index is 6.25. The number of aromatic nitrogens is 2. The highest BCUT2D eigenvalue weighted by Gasteiger charge is 2.16. The van der Waals surface area contributed by atoms with Crippen LogP contribution in [0.1, 0.15) is 29.1 Å². The van der Waals surface area contributed by atoms with Gasteiger partial charge in [-0.2, -0.15) is 5.10 Å². The van der Waals surface area contributed by atoms with E-state index >= 15 is 0 Å². The molecule has 0 aliphatic rings. The molecule has 3 nitrogen and oxygen atoms in total. The number of nitrogens with zero attached hydrogens (tertiary/aromatic N) is 2. The van der Waals surface area contributed by atoms with Crippen molar-refractivity contribution < 1.29 is 0 Å². The van der Waals surface area contributed by atoms with Crippen molar-refractivity contribution in [1.29, 1.82) is 0 Å². The topological polar surface area (TPSA) is 43.8 Å². The van der Waals surface area contributed by atoms with Crippen molar-refractivity contribution in [2.45, 2.75) is 26.4 Å². The standard InChI is InChI=1S/C11H14BrN3S/c1-3-15-8(4-5-14-15)10(13)9-6-7(2)11(12)16-9/h4-6,10H,3,13H2,1-2H3. The second-order valence-electron chi connectivity index (χ2n) is 3.65. The van der Waals surface area contributed by atoms with E-state index < -0.39 is 0 Å². The number of hydrogen-bond acceptors (Lipinski definition) is 3. The first-order valence-electron chi connectivity index (χ1n) is 5.16. The van der Waals surface area contributed by atoms with Crippen LogP contribution in [0.25, 0.3) is 0 Å². The summed E-state index contributed by atoms with van der Waals surface area (Å²) >= 11 is 5.21. The van der Waals surface area contributed by atoms with Crippen LogP contribution in [-0.4, -0.2) is 9.78 Å². The second-order valence-corrected chi connectivity index (χ2v) is 6.06. The minimum Gasteiger partial charge on any atom is -0.318 e. The monoisotopic (exact) mass is 299 g/mol. The van der Waals surface area contributed by atoms with Gasteiger partial charge in [-0.3, -0.25) is 4.68 Å². The molecule has 0 bridgehead atoms. The lowest BCUT2D eigenvalue weighted by molar-refractivity contribution is 0.603. The molecule has 86 valence electrons. The number of hydrogen-bond donors (Lipinski definition) is 1. The van der Waals surface area contributed by atoms with Crippen molar-refractivity contribution in [3.63, 3.8) is 0 Å². The fraction of sp³-hybridized carbons (Fsp3) is 0.364. The van der Waals surface area contributed by atoms with E-state index in [4.69, 9.17) is 5.73 Å². The Hall–Kier alpha value is -0.650. The molecule has 1 unspecified atom stereocenters. The molecular formula is C11H14BrN3S. The predicted octanol–water partition coefficient (Wildman–Crippen LogP) is 3.08. The summed E-state index contributed by atoms with van der Waals surface area (Å²) in [5.74, 6) is 0. The molecule has 0 radical (unpaired) electrons. The van der Waals surface area contributed by atoms with Crippen LogP contribution in [0.3, 0.4) is 0 Å². The lowest BCUT2D eigenvalue weighted by atomic mass is 10.1. The van der Waals surface area contributed by atoms with Crippen molar-refractivity contribution >= 4 is 27.3 Å². The Balaban J connectivity index is 2.35. The number of rotatable bonds is 3. The van der Waals surface area contributed by atoms with Gasteiger partial charge in [-0.15, -0.1) is 11.3 Å². The van der Waals surface area contributed by atoms with E-state index in [1.54, 1.807) is 17.5 Å². The third-order valence-electron chi connectivity index (χ3n) is 2.55. The van der Waals surface area contributed by atoms with E-state index in [2.05, 4.69) is 40.9 Å². The lowest BCUT2D eigenvalue weighted by Crippen LogP contribution is -2.15. The van der Waals surface area contributed by atoms with Crippen LogP contribution >= 0.6 is 27.3 Å². The summed E-state index contributed by atoms with van der Waals surface area (Å²) in [7, 11) is 0. The summed E-state index contributed by atoms with van der Waals surface area (Å²) in [6.07, 6.45) is 1.80. The van der Waals surface area contributed by atoms with Crippen LogP contribution in [0, 0.1) is 6.92 Å². The third kappa shape index (κ3) is 2.07. The molecule has 0 saturated carbocycles. The molecule has 1 atom stereocenters. The number of nitrogens with two attached hydrogens (primary N) is 1. The van der Waals surface area contributed by atoms with Crippen LogP contribution in [0.15, 0.2) is 22.1 Å². The van der Waals surface area contributed by atoms with E-state index in [-0.39, 0.29) is 6.04 Å². The molecular weight excluding hydrogens is 286 g/mol. The van der Waals surface area contributed by atoms with Gasteiger partial charge in [-0.25, -0.2) is 0 Å². The van der Waals surface area contributed by atoms with Crippen molar-refractivity contribution in [1.82, 2.24) is 9.78 Å². The van der Waals surface area contributed by atoms with Crippen LogP contribution in [0.2, 0.25) is 0 Å². The van der Waals surface area contributed by atoms with Crippen molar-refractivity contribution in [2.75, 3.05) is 0 Å². The van der Waals surface area contributed by atoms with Crippen LogP contribution in [0.4, 0.5) is 0 Å². The van der Waals surface area contributed by atoms with E-state index in [1.165, 1.54) is 10.4 Å². The highest BCUT2D eigenvalue weighted by atomic mass is 79.9. The largest absolute Gasteiger partial charge is 0.318 e. The summed E-state index contributed by atoms with van der Waals surface area (Å²) in [5, 5.41) is 4.24. The van der Waals surface area contributed by atoms with Gasteiger partial charge < -0.3 is 5.73 Å². The van der Waals surface area contributed by atoms with Crippen molar-refractivity contribution in [3.05, 3.63) is 38.3 Å². The van der Waals surface area contributed by atoms with Gasteiger partial charge in [0.1, 0.15) is 0 Å². The summed E-state index contributed by atoms with van der Waals surface area (Å²) in [5.41, 5.74) is 8.55. The average molecular weight is 300 g/mol. The quantitative estimate of drug-likeness (QED) is 0.946. The lowest BCUT2D eigenvalue weighted by Gasteiger charge is -2.11. The highest BCUT2D eigenvalue weighted by Crippen LogP contribution is 2.32. The molecule has 5 heteroatoms. The van der Waals surface area contributed by atoms with Gasteiger partial charge in [0, 0.05) is 17.6 Å². The van der Waals surface area contributed by atoms with E-state index in [0.29, 0.717) is 0 Å². The smallest absolute Gasteiger partial charge is 0.0817 e. The van der Waals surface area contributed by atoms with Crippen LogP contribution in [0.5, 0.6) is 0 Å². The normalized spacial score (nSPS) is 13.0. The summed E-state index contributed by atoms with van der Waals surface area (Å²) in [4.78, 5) is 1.17. The van der Waals surface area contributed by atoms with Crippen molar-refractivity contribution in [3.8, 4) is 0 Å². The predicted molar refractivity (Wildman–Crippen MR) is 70.7 cm³/mol. The minimum absolute atomic E-state index is 0.0857. The summed E-state index contributed by atoms with van der Waals surface area (Å²) in [6.45, 7) is 4.99. The SMILES string of the molecule is CCn1nccc1C(N)c1cc(C)c(Br)s1. The molecule has 16 heavy (non-hydrogen) atoms. The zero-order chi connectivity index (χ0) is 11.7. The first-order chi connectivity index (χ1) is 7.63. The zero-order valence-corrected chi connectivity index (χ0v) is 11.7. The zero-order valence-electron chi connectivity index (χ0n) is 9.27. The second kappa shape index (κ2) is 4.69. The first-order valence-corrected chi connectivity index (χ1v) is 6.77. The summed E-state index contributed by atoms with van der Waals surface area (Å²) < 4.78 is 3.09. The maximum Gasteiger partial charge on any atom is 0.0817 e. The van der Waals surface area contributed by atoms with Crippen LogP contribution in [-0.2, 0) is 6.54 Å². The minimum atomic E-state index is -0.0857. The number of thiophene rings is 1. The molecule has 2 aromatic heterocycles. The number of aryl methyl sites for hydroxylation is 2. The Morgan fingerprint density at radius 3 is 2.94 bits per heavy atom. The van der Waals surface area contributed by atoms with Gasteiger partial charge in [0.25, 0.3) is 0 Å². The molecule has 0 amide bonds. The van der Waals surface area contributed by atoms with Gasteiger partial charge in [0.05, 0.1) is 15.5 Å². The molecule has 0 spiro atoms. The molecule has 0 fully saturated rings.